The van der Waals surface area contributed by atoms with Crippen LogP contribution in [0.5, 0.6) is 0 Å². The molecule has 3 heteroatoms. The highest BCUT2D eigenvalue weighted by molar-refractivity contribution is 5.78. The molecule has 1 saturated carbocycles. The average Bonchev–Trinajstić information content (AvgIpc) is 2.74. The first-order valence-corrected chi connectivity index (χ1v) is 7.06. The van der Waals surface area contributed by atoms with E-state index in [0.29, 0.717) is 0 Å². The third-order valence-corrected chi connectivity index (χ3v) is 4.74. The Labute approximate surface area is 114 Å². The molecule has 0 N–H and O–H groups in total. The van der Waals surface area contributed by atoms with Crippen LogP contribution in [0.1, 0.15) is 30.4 Å². The zero-order valence-corrected chi connectivity index (χ0v) is 11.7. The molecule has 1 aliphatic heterocycles. The van der Waals surface area contributed by atoms with Crippen molar-refractivity contribution in [3.8, 4) is 0 Å². The minimum absolute atomic E-state index is 0.0311. The number of rotatable bonds is 3. The molecule has 1 fully saturated rings. The lowest BCUT2D eigenvalue weighted by molar-refractivity contribution is -0.158. The van der Waals surface area contributed by atoms with Crippen molar-refractivity contribution >= 4 is 11.7 Å². The molecule has 0 spiro atoms. The van der Waals surface area contributed by atoms with E-state index < -0.39 is 0 Å². The molecule has 0 aromatic heterocycles. The molecule has 0 atom stereocenters. The number of esters is 1. The van der Waals surface area contributed by atoms with Gasteiger partial charge in [-0.3, -0.25) is 4.79 Å². The zero-order chi connectivity index (χ0) is 13.5. The maximum atomic E-state index is 12.0. The van der Waals surface area contributed by atoms with Gasteiger partial charge in [-0.1, -0.05) is 18.6 Å². The van der Waals surface area contributed by atoms with Gasteiger partial charge in [-0.2, -0.15) is 0 Å². The van der Waals surface area contributed by atoms with Crippen LogP contribution in [0.2, 0.25) is 0 Å². The summed E-state index contributed by atoms with van der Waals surface area (Å²) in [7, 11) is 3.63. The van der Waals surface area contributed by atoms with Crippen molar-refractivity contribution in [2.24, 2.45) is 5.41 Å². The summed E-state index contributed by atoms with van der Waals surface area (Å²) >= 11 is 0. The molecule has 0 unspecified atom stereocenters. The van der Waals surface area contributed by atoms with Crippen LogP contribution in [0.15, 0.2) is 18.2 Å². The molecule has 0 amide bonds. The first-order valence-electron chi connectivity index (χ1n) is 7.06. The Hall–Kier alpha value is -1.51. The van der Waals surface area contributed by atoms with Crippen LogP contribution in [0.3, 0.4) is 0 Å². The van der Waals surface area contributed by atoms with E-state index in [1.165, 1.54) is 23.9 Å². The number of methoxy groups -OCH3 is 1. The van der Waals surface area contributed by atoms with E-state index in [-0.39, 0.29) is 11.4 Å². The van der Waals surface area contributed by atoms with E-state index in [1.807, 2.05) is 0 Å². The smallest absolute Gasteiger partial charge is 0.312 e. The second-order valence-corrected chi connectivity index (χ2v) is 5.94. The second-order valence-electron chi connectivity index (χ2n) is 5.94. The molecule has 1 aliphatic carbocycles. The molecule has 19 heavy (non-hydrogen) atoms. The first kappa shape index (κ1) is 12.5. The number of likely N-dealkylation sites (N-methyl/N-ethyl adjacent to an activating group) is 1. The number of carbonyl (C=O) groups is 1. The van der Waals surface area contributed by atoms with Gasteiger partial charge in [0.15, 0.2) is 0 Å². The van der Waals surface area contributed by atoms with Gasteiger partial charge in [0.1, 0.15) is 0 Å². The van der Waals surface area contributed by atoms with Crippen LogP contribution in [0.25, 0.3) is 0 Å². The Balaban J connectivity index is 1.82. The van der Waals surface area contributed by atoms with Gasteiger partial charge in [0.2, 0.25) is 0 Å². The number of benzene rings is 1. The zero-order valence-electron chi connectivity index (χ0n) is 11.7. The van der Waals surface area contributed by atoms with Gasteiger partial charge >= 0.3 is 5.97 Å². The van der Waals surface area contributed by atoms with Gasteiger partial charge in [0.05, 0.1) is 12.5 Å². The predicted octanol–water partition coefficient (Wildman–Crippen LogP) is 2.56. The third kappa shape index (κ3) is 2.01. The van der Waals surface area contributed by atoms with Crippen molar-refractivity contribution in [2.75, 3.05) is 25.6 Å². The number of nitrogens with zero attached hydrogens (tertiary/aromatic N) is 1. The quantitative estimate of drug-likeness (QED) is 0.781. The summed E-state index contributed by atoms with van der Waals surface area (Å²) < 4.78 is 4.99. The van der Waals surface area contributed by atoms with Gasteiger partial charge in [-0.05, 0) is 42.9 Å². The Kier molecular flexibility index (Phi) is 3.00. The number of anilines is 1. The molecule has 3 nitrogen and oxygen atoms in total. The van der Waals surface area contributed by atoms with Crippen molar-refractivity contribution in [1.82, 2.24) is 0 Å². The van der Waals surface area contributed by atoms with E-state index in [0.717, 1.165) is 38.6 Å². The largest absolute Gasteiger partial charge is 0.469 e. The molecular weight excluding hydrogens is 238 g/mol. The van der Waals surface area contributed by atoms with Crippen molar-refractivity contribution in [3.63, 3.8) is 0 Å². The number of fused-ring (bicyclic) bond motifs is 1. The summed E-state index contributed by atoms with van der Waals surface area (Å²) in [5, 5.41) is 0. The van der Waals surface area contributed by atoms with Crippen LogP contribution in [0.4, 0.5) is 5.69 Å². The topological polar surface area (TPSA) is 29.5 Å². The van der Waals surface area contributed by atoms with E-state index in [2.05, 4.69) is 30.1 Å². The number of hydrogen-bond acceptors (Lipinski definition) is 3. The summed E-state index contributed by atoms with van der Waals surface area (Å²) in [5.74, 6) is -0.0311. The second kappa shape index (κ2) is 4.55. The van der Waals surface area contributed by atoms with E-state index in [4.69, 9.17) is 4.74 Å². The minimum atomic E-state index is -0.243. The van der Waals surface area contributed by atoms with Gasteiger partial charge in [-0.25, -0.2) is 0 Å². The minimum Gasteiger partial charge on any atom is -0.469 e. The fourth-order valence-corrected chi connectivity index (χ4v) is 3.39. The monoisotopic (exact) mass is 259 g/mol. The molecule has 2 aliphatic rings. The standard InChI is InChI=1S/C16H21NO2/c1-17-9-6-13-10-12(4-5-14(13)17)11-16(7-3-8-16)15(18)19-2/h4-5,10H,3,6-9,11H2,1-2H3. The summed E-state index contributed by atoms with van der Waals surface area (Å²) in [6, 6.07) is 6.65. The molecule has 1 aromatic carbocycles. The van der Waals surface area contributed by atoms with E-state index in [9.17, 15) is 4.79 Å². The lowest BCUT2D eigenvalue weighted by Gasteiger charge is -2.39. The Morgan fingerprint density at radius 2 is 2.21 bits per heavy atom. The van der Waals surface area contributed by atoms with Crippen molar-refractivity contribution < 1.29 is 9.53 Å². The van der Waals surface area contributed by atoms with E-state index in [1.54, 1.807) is 0 Å². The summed E-state index contributed by atoms with van der Waals surface area (Å²) in [6.07, 6.45) is 5.03. The van der Waals surface area contributed by atoms with Gasteiger partial charge < -0.3 is 9.64 Å². The molecular formula is C16H21NO2. The highest BCUT2D eigenvalue weighted by Gasteiger charge is 2.45. The van der Waals surface area contributed by atoms with Crippen LogP contribution in [0, 0.1) is 5.41 Å². The number of ether oxygens (including phenoxy) is 1. The fourth-order valence-electron chi connectivity index (χ4n) is 3.39. The molecule has 102 valence electrons. The Morgan fingerprint density at radius 3 is 2.84 bits per heavy atom. The maximum Gasteiger partial charge on any atom is 0.312 e. The SMILES string of the molecule is COC(=O)C1(Cc2ccc3c(c2)CCN3C)CCC1. The van der Waals surface area contributed by atoms with Crippen LogP contribution >= 0.6 is 0 Å². The summed E-state index contributed by atoms with van der Waals surface area (Å²) in [6.45, 7) is 1.10. The van der Waals surface area contributed by atoms with Gasteiger partial charge in [0.25, 0.3) is 0 Å². The fraction of sp³-hybridized carbons (Fsp3) is 0.562. The highest BCUT2D eigenvalue weighted by Crippen LogP contribution is 2.45. The normalized spacial score (nSPS) is 19.8. The lowest BCUT2D eigenvalue weighted by Crippen LogP contribution is -2.40. The highest BCUT2D eigenvalue weighted by atomic mass is 16.5. The number of hydrogen-bond donors (Lipinski definition) is 0. The van der Waals surface area contributed by atoms with Crippen LogP contribution in [-0.4, -0.2) is 26.7 Å². The van der Waals surface area contributed by atoms with Gasteiger partial charge in [0, 0.05) is 19.3 Å². The van der Waals surface area contributed by atoms with Gasteiger partial charge in [-0.15, -0.1) is 0 Å². The molecule has 1 aromatic rings. The Bertz CT molecular complexity index is 505. The Morgan fingerprint density at radius 1 is 1.42 bits per heavy atom. The lowest BCUT2D eigenvalue weighted by atomic mass is 9.65. The third-order valence-electron chi connectivity index (χ3n) is 4.74. The maximum absolute atomic E-state index is 12.0. The van der Waals surface area contributed by atoms with Crippen LogP contribution < -0.4 is 4.90 Å². The summed E-state index contributed by atoms with van der Waals surface area (Å²) in [4.78, 5) is 14.3. The van der Waals surface area contributed by atoms with Crippen molar-refractivity contribution in [3.05, 3.63) is 29.3 Å². The number of carbonyl (C=O) groups excluding carboxylic acids is 1. The molecule has 3 rings (SSSR count). The van der Waals surface area contributed by atoms with E-state index >= 15 is 0 Å². The van der Waals surface area contributed by atoms with Crippen molar-refractivity contribution in [1.29, 1.82) is 0 Å². The molecule has 0 bridgehead atoms. The predicted molar refractivity (Wildman–Crippen MR) is 75.4 cm³/mol. The first-order chi connectivity index (χ1) is 9.14. The summed E-state index contributed by atoms with van der Waals surface area (Å²) in [5.41, 5.74) is 3.79. The van der Waals surface area contributed by atoms with Crippen molar-refractivity contribution in [2.45, 2.75) is 32.1 Å². The average molecular weight is 259 g/mol. The molecule has 1 heterocycles. The van der Waals surface area contributed by atoms with Crippen LogP contribution in [-0.2, 0) is 22.4 Å². The molecule has 0 saturated heterocycles. The molecule has 0 radical (unpaired) electrons.